The van der Waals surface area contributed by atoms with Gasteiger partial charge in [-0.2, -0.15) is 5.10 Å². The van der Waals surface area contributed by atoms with Gasteiger partial charge in [-0.3, -0.25) is 9.58 Å². The van der Waals surface area contributed by atoms with E-state index in [2.05, 4.69) is 44.6 Å². The molecule has 1 aromatic heterocycles. The van der Waals surface area contributed by atoms with Crippen molar-refractivity contribution < 1.29 is 0 Å². The van der Waals surface area contributed by atoms with Crippen molar-refractivity contribution in [2.45, 2.75) is 47.7 Å². The molecule has 0 bridgehead atoms. The number of nitrogen functional groups attached to an aromatic ring is 1. The zero-order chi connectivity index (χ0) is 13.7. The van der Waals surface area contributed by atoms with Gasteiger partial charge in [-0.1, -0.05) is 27.7 Å². The number of aryl methyl sites for hydroxylation is 1. The van der Waals surface area contributed by atoms with Crippen LogP contribution in [0.25, 0.3) is 0 Å². The Hall–Kier alpha value is -1.03. The summed E-state index contributed by atoms with van der Waals surface area (Å²) in [4.78, 5) is 2.50. The Morgan fingerprint density at radius 1 is 1.22 bits per heavy atom. The first-order valence-electron chi connectivity index (χ1n) is 6.96. The molecule has 0 saturated carbocycles. The lowest BCUT2D eigenvalue weighted by Gasteiger charge is -2.26. The van der Waals surface area contributed by atoms with Gasteiger partial charge in [0.15, 0.2) is 0 Å². The van der Waals surface area contributed by atoms with Crippen molar-refractivity contribution in [2.75, 3.05) is 18.8 Å². The average molecular weight is 252 g/mol. The minimum atomic E-state index is 0.626. The standard InChI is InChI=1S/C14H28N4/c1-6-18-13(7-14(15)16-18)10-17(8-11(2)3)9-12(4)5/h7,11-12H,6,8-10H2,1-5H3,(H2,15,16). The molecule has 2 N–H and O–H groups in total. The predicted octanol–water partition coefficient (Wildman–Crippen LogP) is 2.60. The quantitative estimate of drug-likeness (QED) is 0.811. The van der Waals surface area contributed by atoms with E-state index in [-0.39, 0.29) is 0 Å². The van der Waals surface area contributed by atoms with E-state index in [9.17, 15) is 0 Å². The Kier molecular flexibility index (Phi) is 5.66. The molecule has 0 aliphatic rings. The van der Waals surface area contributed by atoms with Crippen LogP contribution in [-0.2, 0) is 13.1 Å². The number of hydrogen-bond acceptors (Lipinski definition) is 3. The molecule has 0 unspecified atom stereocenters. The van der Waals surface area contributed by atoms with Gasteiger partial charge in [0, 0.05) is 32.2 Å². The number of nitrogens with zero attached hydrogens (tertiary/aromatic N) is 3. The summed E-state index contributed by atoms with van der Waals surface area (Å²) in [6, 6.07) is 2.00. The Morgan fingerprint density at radius 3 is 2.22 bits per heavy atom. The van der Waals surface area contributed by atoms with Gasteiger partial charge in [0.05, 0.1) is 5.69 Å². The number of hydrogen-bond donors (Lipinski definition) is 1. The van der Waals surface area contributed by atoms with Crippen LogP contribution in [0.15, 0.2) is 6.07 Å². The molecule has 0 saturated heterocycles. The van der Waals surface area contributed by atoms with E-state index >= 15 is 0 Å². The highest BCUT2D eigenvalue weighted by Crippen LogP contribution is 2.12. The average Bonchev–Trinajstić information content (AvgIpc) is 2.56. The lowest BCUT2D eigenvalue weighted by molar-refractivity contribution is 0.206. The molecule has 1 heterocycles. The van der Waals surface area contributed by atoms with Crippen molar-refractivity contribution in [2.24, 2.45) is 11.8 Å². The van der Waals surface area contributed by atoms with Crippen molar-refractivity contribution >= 4 is 5.82 Å². The fourth-order valence-corrected chi connectivity index (χ4v) is 2.34. The molecule has 4 heteroatoms. The Labute approximate surface area is 111 Å². The fourth-order valence-electron chi connectivity index (χ4n) is 2.34. The van der Waals surface area contributed by atoms with Crippen molar-refractivity contribution in [1.82, 2.24) is 14.7 Å². The summed E-state index contributed by atoms with van der Waals surface area (Å²) in [5.74, 6) is 1.99. The molecular weight excluding hydrogens is 224 g/mol. The summed E-state index contributed by atoms with van der Waals surface area (Å²) < 4.78 is 2.00. The second-order valence-corrected chi connectivity index (χ2v) is 5.86. The van der Waals surface area contributed by atoms with Crippen LogP contribution in [0.3, 0.4) is 0 Å². The molecule has 1 aromatic rings. The normalized spacial score (nSPS) is 12.0. The summed E-state index contributed by atoms with van der Waals surface area (Å²) >= 11 is 0. The second-order valence-electron chi connectivity index (χ2n) is 5.86. The maximum Gasteiger partial charge on any atom is 0.145 e. The first-order chi connectivity index (χ1) is 8.42. The maximum absolute atomic E-state index is 5.78. The lowest BCUT2D eigenvalue weighted by Crippen LogP contribution is -2.31. The van der Waals surface area contributed by atoms with Gasteiger partial charge < -0.3 is 5.73 Å². The van der Waals surface area contributed by atoms with Crippen LogP contribution in [0.2, 0.25) is 0 Å². The summed E-state index contributed by atoms with van der Waals surface area (Å²) in [5.41, 5.74) is 7.00. The minimum Gasteiger partial charge on any atom is -0.382 e. The van der Waals surface area contributed by atoms with Crippen molar-refractivity contribution in [3.8, 4) is 0 Å². The summed E-state index contributed by atoms with van der Waals surface area (Å²) in [5, 5.41) is 4.31. The first kappa shape index (κ1) is 15.0. The maximum atomic E-state index is 5.78. The number of aromatic nitrogens is 2. The van der Waals surface area contributed by atoms with Gasteiger partial charge in [-0.15, -0.1) is 0 Å². The zero-order valence-corrected chi connectivity index (χ0v) is 12.5. The highest BCUT2D eigenvalue weighted by molar-refractivity contribution is 5.29. The van der Waals surface area contributed by atoms with Gasteiger partial charge in [0.25, 0.3) is 0 Å². The van der Waals surface area contributed by atoms with Gasteiger partial charge in [0.1, 0.15) is 5.82 Å². The molecule has 0 fully saturated rings. The molecule has 104 valence electrons. The van der Waals surface area contributed by atoms with Crippen LogP contribution >= 0.6 is 0 Å². The molecule has 0 spiro atoms. The van der Waals surface area contributed by atoms with Gasteiger partial charge >= 0.3 is 0 Å². The first-order valence-corrected chi connectivity index (χ1v) is 6.96. The SMILES string of the molecule is CCn1nc(N)cc1CN(CC(C)C)CC(C)C. The minimum absolute atomic E-state index is 0.626. The molecule has 0 radical (unpaired) electrons. The van der Waals surface area contributed by atoms with Crippen LogP contribution in [0.5, 0.6) is 0 Å². The molecule has 0 amide bonds. The topological polar surface area (TPSA) is 47.1 Å². The zero-order valence-electron chi connectivity index (χ0n) is 12.5. The molecule has 0 aromatic carbocycles. The summed E-state index contributed by atoms with van der Waals surface area (Å²) in [6.45, 7) is 15.2. The summed E-state index contributed by atoms with van der Waals surface area (Å²) in [6.07, 6.45) is 0. The van der Waals surface area contributed by atoms with E-state index < -0.39 is 0 Å². The molecular formula is C14H28N4. The highest BCUT2D eigenvalue weighted by atomic mass is 15.3. The molecule has 18 heavy (non-hydrogen) atoms. The van der Waals surface area contributed by atoms with Gasteiger partial charge in [0.2, 0.25) is 0 Å². The third kappa shape index (κ3) is 4.69. The summed E-state index contributed by atoms with van der Waals surface area (Å²) in [7, 11) is 0. The molecule has 1 rings (SSSR count). The fraction of sp³-hybridized carbons (Fsp3) is 0.786. The molecule has 0 aliphatic carbocycles. The van der Waals surface area contributed by atoms with E-state index in [0.29, 0.717) is 17.7 Å². The van der Waals surface area contributed by atoms with E-state index in [0.717, 1.165) is 26.2 Å². The van der Waals surface area contributed by atoms with Crippen molar-refractivity contribution in [1.29, 1.82) is 0 Å². The van der Waals surface area contributed by atoms with E-state index in [4.69, 9.17) is 5.73 Å². The second kappa shape index (κ2) is 6.78. The van der Waals surface area contributed by atoms with E-state index in [1.54, 1.807) is 0 Å². The van der Waals surface area contributed by atoms with E-state index in [1.165, 1.54) is 5.69 Å². The number of anilines is 1. The van der Waals surface area contributed by atoms with Gasteiger partial charge in [-0.05, 0) is 18.8 Å². The van der Waals surface area contributed by atoms with Gasteiger partial charge in [-0.25, -0.2) is 0 Å². The van der Waals surface area contributed by atoms with Crippen LogP contribution in [0, 0.1) is 11.8 Å². The van der Waals surface area contributed by atoms with Crippen LogP contribution in [-0.4, -0.2) is 27.8 Å². The smallest absolute Gasteiger partial charge is 0.145 e. The Balaban J connectivity index is 2.74. The third-order valence-electron chi connectivity index (χ3n) is 2.81. The Bertz CT molecular complexity index is 345. The molecule has 4 nitrogen and oxygen atoms in total. The van der Waals surface area contributed by atoms with Crippen LogP contribution in [0.1, 0.15) is 40.3 Å². The van der Waals surface area contributed by atoms with E-state index in [1.807, 2.05) is 10.7 Å². The third-order valence-corrected chi connectivity index (χ3v) is 2.81. The number of rotatable bonds is 7. The van der Waals surface area contributed by atoms with Crippen LogP contribution < -0.4 is 5.73 Å². The predicted molar refractivity (Wildman–Crippen MR) is 77.3 cm³/mol. The Morgan fingerprint density at radius 2 is 1.78 bits per heavy atom. The van der Waals surface area contributed by atoms with Crippen molar-refractivity contribution in [3.05, 3.63) is 11.8 Å². The monoisotopic (exact) mass is 252 g/mol. The number of nitrogens with two attached hydrogens (primary N) is 1. The molecule has 0 atom stereocenters. The lowest BCUT2D eigenvalue weighted by atomic mass is 10.1. The van der Waals surface area contributed by atoms with Crippen LogP contribution in [0.4, 0.5) is 5.82 Å². The highest BCUT2D eigenvalue weighted by Gasteiger charge is 2.13. The van der Waals surface area contributed by atoms with Crippen molar-refractivity contribution in [3.63, 3.8) is 0 Å². The molecule has 0 aliphatic heterocycles. The largest absolute Gasteiger partial charge is 0.382 e.